The van der Waals surface area contributed by atoms with Crippen molar-refractivity contribution >= 4 is 44.9 Å². The Morgan fingerprint density at radius 1 is 1.06 bits per heavy atom. The summed E-state index contributed by atoms with van der Waals surface area (Å²) in [5.74, 6) is 2.14. The average molecular weight is 469 g/mol. The standard InChI is InChI=1S/C25H29ClN4OS/c1-2-3-8-21-27-23(22-19-6-4-5-7-20(19)32-24(22)28-21)29-13-15-30(16-14-29)25(31)17-9-11-18(26)12-10-17/h9-12H,2-8,13-16H2,1H3. The molecule has 2 aliphatic rings. The fraction of sp³-hybridized carbons (Fsp3) is 0.480. The maximum atomic E-state index is 12.9. The van der Waals surface area contributed by atoms with Gasteiger partial charge in [0.25, 0.3) is 5.91 Å². The van der Waals surface area contributed by atoms with Crippen LogP contribution < -0.4 is 4.90 Å². The molecule has 0 unspecified atom stereocenters. The van der Waals surface area contributed by atoms with Crippen molar-refractivity contribution in [3.63, 3.8) is 0 Å². The fourth-order valence-corrected chi connectivity index (χ4v) is 6.15. The SMILES string of the molecule is CCCCc1nc(N2CCN(C(=O)c3ccc(Cl)cc3)CC2)c2c3c(sc2n1)CCCC3. The summed E-state index contributed by atoms with van der Waals surface area (Å²) < 4.78 is 0. The van der Waals surface area contributed by atoms with Crippen molar-refractivity contribution in [2.75, 3.05) is 31.1 Å². The van der Waals surface area contributed by atoms with E-state index in [2.05, 4.69) is 11.8 Å². The summed E-state index contributed by atoms with van der Waals surface area (Å²) in [6, 6.07) is 7.17. The Kier molecular flexibility index (Phi) is 6.33. The summed E-state index contributed by atoms with van der Waals surface area (Å²) in [7, 11) is 0. The van der Waals surface area contributed by atoms with E-state index in [1.807, 2.05) is 28.4 Å². The van der Waals surface area contributed by atoms with Gasteiger partial charge in [-0.1, -0.05) is 24.9 Å². The van der Waals surface area contributed by atoms with Crippen LogP contribution in [0.3, 0.4) is 0 Å². The number of aromatic nitrogens is 2. The van der Waals surface area contributed by atoms with Gasteiger partial charge in [0.1, 0.15) is 16.5 Å². The van der Waals surface area contributed by atoms with Gasteiger partial charge in [0, 0.05) is 48.1 Å². The van der Waals surface area contributed by atoms with Crippen LogP contribution in [0.25, 0.3) is 10.2 Å². The number of benzene rings is 1. The molecule has 5 rings (SSSR count). The summed E-state index contributed by atoms with van der Waals surface area (Å²) in [4.78, 5) is 30.0. The third-order valence-electron chi connectivity index (χ3n) is 6.55. The summed E-state index contributed by atoms with van der Waals surface area (Å²) in [5.41, 5.74) is 2.17. The van der Waals surface area contributed by atoms with E-state index in [-0.39, 0.29) is 5.91 Å². The van der Waals surface area contributed by atoms with Crippen LogP contribution in [0.5, 0.6) is 0 Å². The van der Waals surface area contributed by atoms with Crippen LogP contribution in [0.1, 0.15) is 59.2 Å². The molecule has 0 bridgehead atoms. The summed E-state index contributed by atoms with van der Waals surface area (Å²) in [6.07, 6.45) is 8.01. The number of fused-ring (bicyclic) bond motifs is 3. The van der Waals surface area contributed by atoms with Crippen molar-refractivity contribution in [1.82, 2.24) is 14.9 Å². The molecule has 1 amide bonds. The maximum Gasteiger partial charge on any atom is 0.253 e. The van der Waals surface area contributed by atoms with Crippen LogP contribution in [0.4, 0.5) is 5.82 Å². The Balaban J connectivity index is 1.41. The predicted octanol–water partition coefficient (Wildman–Crippen LogP) is 5.53. The molecule has 1 aromatic carbocycles. The first-order chi connectivity index (χ1) is 15.6. The molecule has 1 aliphatic heterocycles. The number of halogens is 1. The summed E-state index contributed by atoms with van der Waals surface area (Å²) >= 11 is 7.86. The fourth-order valence-electron chi connectivity index (χ4n) is 4.75. The highest BCUT2D eigenvalue weighted by Gasteiger charge is 2.27. The number of carbonyl (C=O) groups is 1. The third-order valence-corrected chi connectivity index (χ3v) is 7.99. The molecule has 0 atom stereocenters. The van der Waals surface area contributed by atoms with Gasteiger partial charge in [-0.2, -0.15) is 0 Å². The largest absolute Gasteiger partial charge is 0.352 e. The number of carbonyl (C=O) groups excluding carboxylic acids is 1. The van der Waals surface area contributed by atoms with Gasteiger partial charge in [-0.25, -0.2) is 9.97 Å². The molecule has 32 heavy (non-hydrogen) atoms. The molecule has 1 aliphatic carbocycles. The van der Waals surface area contributed by atoms with Crippen LogP contribution in [0, 0.1) is 0 Å². The lowest BCUT2D eigenvalue weighted by Gasteiger charge is -2.36. The minimum absolute atomic E-state index is 0.0747. The number of thiophene rings is 1. The number of piperazine rings is 1. The van der Waals surface area contributed by atoms with E-state index in [9.17, 15) is 4.79 Å². The molecule has 7 heteroatoms. The summed E-state index contributed by atoms with van der Waals surface area (Å²) in [6.45, 7) is 5.19. The van der Waals surface area contributed by atoms with Gasteiger partial charge in [-0.3, -0.25) is 4.79 Å². The van der Waals surface area contributed by atoms with E-state index < -0.39 is 0 Å². The molecule has 2 aromatic heterocycles. The van der Waals surface area contributed by atoms with E-state index in [0.717, 1.165) is 55.2 Å². The first-order valence-electron chi connectivity index (χ1n) is 11.7. The number of hydrogen-bond donors (Lipinski definition) is 0. The Bertz CT molecular complexity index is 1120. The lowest BCUT2D eigenvalue weighted by atomic mass is 9.96. The minimum Gasteiger partial charge on any atom is -0.352 e. The molecule has 3 aromatic rings. The molecule has 0 N–H and O–H groups in total. The Hall–Kier alpha value is -2.18. The smallest absolute Gasteiger partial charge is 0.253 e. The lowest BCUT2D eigenvalue weighted by Crippen LogP contribution is -2.49. The van der Waals surface area contributed by atoms with E-state index in [1.54, 1.807) is 12.1 Å². The molecule has 5 nitrogen and oxygen atoms in total. The summed E-state index contributed by atoms with van der Waals surface area (Å²) in [5, 5.41) is 1.93. The number of unbranched alkanes of at least 4 members (excludes halogenated alkanes) is 1. The van der Waals surface area contributed by atoms with Crippen LogP contribution in [-0.4, -0.2) is 47.0 Å². The second kappa shape index (κ2) is 9.36. The number of aryl methyl sites for hydroxylation is 3. The highest BCUT2D eigenvalue weighted by Crippen LogP contribution is 2.40. The Morgan fingerprint density at radius 2 is 1.81 bits per heavy atom. The topological polar surface area (TPSA) is 49.3 Å². The van der Waals surface area contributed by atoms with Gasteiger partial charge < -0.3 is 9.80 Å². The van der Waals surface area contributed by atoms with Crippen LogP contribution >= 0.6 is 22.9 Å². The molecule has 3 heterocycles. The monoisotopic (exact) mass is 468 g/mol. The van der Waals surface area contributed by atoms with Gasteiger partial charge in [0.15, 0.2) is 0 Å². The zero-order chi connectivity index (χ0) is 22.1. The third kappa shape index (κ3) is 4.23. The predicted molar refractivity (Wildman–Crippen MR) is 132 cm³/mol. The van der Waals surface area contributed by atoms with Crippen molar-refractivity contribution in [3.8, 4) is 0 Å². The number of rotatable bonds is 5. The highest BCUT2D eigenvalue weighted by atomic mass is 35.5. The molecule has 0 radical (unpaired) electrons. The molecular weight excluding hydrogens is 440 g/mol. The quantitative estimate of drug-likeness (QED) is 0.494. The van der Waals surface area contributed by atoms with Crippen LogP contribution in [-0.2, 0) is 19.3 Å². The first-order valence-corrected chi connectivity index (χ1v) is 12.9. The molecule has 0 saturated carbocycles. The van der Waals surface area contributed by atoms with E-state index in [1.165, 1.54) is 35.1 Å². The van der Waals surface area contributed by atoms with E-state index >= 15 is 0 Å². The van der Waals surface area contributed by atoms with Gasteiger partial charge in [0.2, 0.25) is 0 Å². The number of hydrogen-bond acceptors (Lipinski definition) is 5. The number of amides is 1. The molecule has 0 spiro atoms. The normalized spacial score (nSPS) is 16.4. The Labute approximate surface area is 198 Å². The molecule has 168 valence electrons. The number of nitrogens with zero attached hydrogens (tertiary/aromatic N) is 4. The van der Waals surface area contributed by atoms with Crippen molar-refractivity contribution in [2.24, 2.45) is 0 Å². The van der Waals surface area contributed by atoms with Crippen molar-refractivity contribution in [1.29, 1.82) is 0 Å². The zero-order valence-corrected chi connectivity index (χ0v) is 20.1. The average Bonchev–Trinajstić information content (AvgIpc) is 3.21. The molecule has 1 saturated heterocycles. The van der Waals surface area contributed by atoms with Crippen molar-refractivity contribution in [2.45, 2.75) is 51.9 Å². The van der Waals surface area contributed by atoms with Crippen molar-refractivity contribution < 1.29 is 4.79 Å². The van der Waals surface area contributed by atoms with Crippen LogP contribution in [0.2, 0.25) is 5.02 Å². The number of anilines is 1. The zero-order valence-electron chi connectivity index (χ0n) is 18.6. The van der Waals surface area contributed by atoms with Gasteiger partial charge in [-0.15, -0.1) is 11.3 Å². The lowest BCUT2D eigenvalue weighted by molar-refractivity contribution is 0.0746. The molecule has 1 fully saturated rings. The van der Waals surface area contributed by atoms with E-state index in [0.29, 0.717) is 23.7 Å². The van der Waals surface area contributed by atoms with Crippen molar-refractivity contribution in [3.05, 3.63) is 51.1 Å². The first kappa shape index (κ1) is 21.7. The van der Waals surface area contributed by atoms with E-state index in [4.69, 9.17) is 21.6 Å². The maximum absolute atomic E-state index is 12.9. The van der Waals surface area contributed by atoms with Gasteiger partial charge in [0.05, 0.1) is 5.39 Å². The second-order valence-electron chi connectivity index (χ2n) is 8.74. The second-order valence-corrected chi connectivity index (χ2v) is 10.3. The minimum atomic E-state index is 0.0747. The Morgan fingerprint density at radius 3 is 2.56 bits per heavy atom. The van der Waals surface area contributed by atoms with Gasteiger partial charge in [-0.05, 0) is 61.9 Å². The molecular formula is C25H29ClN4OS. The van der Waals surface area contributed by atoms with Gasteiger partial charge >= 0.3 is 0 Å². The highest BCUT2D eigenvalue weighted by molar-refractivity contribution is 7.19. The van der Waals surface area contributed by atoms with Crippen LogP contribution in [0.15, 0.2) is 24.3 Å².